The number of alkyl halides is 1. The molecule has 1 unspecified atom stereocenters. The summed E-state index contributed by atoms with van der Waals surface area (Å²) in [6.45, 7) is 0. The molecule has 0 aliphatic heterocycles. The van der Waals surface area contributed by atoms with E-state index < -0.39 is 0 Å². The second-order valence-corrected chi connectivity index (χ2v) is 6.88. The van der Waals surface area contributed by atoms with Gasteiger partial charge in [0.25, 0.3) is 0 Å². The molecular weight excluding hydrogens is 378 g/mol. The lowest BCUT2D eigenvalue weighted by atomic mass is 10.1. The first-order valence-electron chi connectivity index (χ1n) is 4.42. The number of thiophene rings is 1. The van der Waals surface area contributed by atoms with Crippen molar-refractivity contribution < 1.29 is 4.39 Å². The van der Waals surface area contributed by atoms with Gasteiger partial charge >= 0.3 is 0 Å². The van der Waals surface area contributed by atoms with Gasteiger partial charge in [0, 0.05) is 9.35 Å². The zero-order valence-corrected chi connectivity index (χ0v) is 12.6. The van der Waals surface area contributed by atoms with Crippen LogP contribution in [0.15, 0.2) is 38.6 Å². The lowest BCUT2D eigenvalue weighted by molar-refractivity contribution is 0.627. The first-order valence-corrected chi connectivity index (χ1v) is 7.26. The molecule has 2 rings (SSSR count). The molecule has 0 N–H and O–H groups in total. The van der Waals surface area contributed by atoms with Gasteiger partial charge in [-0.2, -0.15) is 0 Å². The smallest absolute Gasteiger partial charge is 0.123 e. The normalized spacial score (nSPS) is 12.8. The van der Waals surface area contributed by atoms with Crippen LogP contribution in [0.4, 0.5) is 4.39 Å². The molecule has 0 aliphatic rings. The van der Waals surface area contributed by atoms with Crippen molar-refractivity contribution in [2.45, 2.75) is 5.38 Å². The van der Waals surface area contributed by atoms with Crippen LogP contribution in [-0.2, 0) is 0 Å². The van der Waals surface area contributed by atoms with Crippen LogP contribution in [0.3, 0.4) is 0 Å². The molecule has 0 nitrogen and oxygen atoms in total. The van der Waals surface area contributed by atoms with Gasteiger partial charge in [-0.15, -0.1) is 22.9 Å². The van der Waals surface area contributed by atoms with E-state index in [9.17, 15) is 4.39 Å². The molecule has 1 aromatic carbocycles. The highest BCUT2D eigenvalue weighted by molar-refractivity contribution is 9.13. The molecule has 0 bridgehead atoms. The van der Waals surface area contributed by atoms with E-state index in [1.165, 1.54) is 12.1 Å². The predicted molar refractivity (Wildman–Crippen MR) is 73.8 cm³/mol. The van der Waals surface area contributed by atoms with Crippen molar-refractivity contribution >= 4 is 54.8 Å². The Morgan fingerprint density at radius 2 is 1.81 bits per heavy atom. The summed E-state index contributed by atoms with van der Waals surface area (Å²) in [5.41, 5.74) is 0.893. The monoisotopic (exact) mass is 382 g/mol. The van der Waals surface area contributed by atoms with Crippen LogP contribution < -0.4 is 0 Å². The second-order valence-electron chi connectivity index (χ2n) is 3.18. The van der Waals surface area contributed by atoms with Gasteiger partial charge < -0.3 is 0 Å². The molecule has 0 radical (unpaired) electrons. The molecule has 84 valence electrons. The van der Waals surface area contributed by atoms with Crippen molar-refractivity contribution in [3.63, 3.8) is 0 Å². The highest BCUT2D eigenvalue weighted by Crippen LogP contribution is 2.40. The SMILES string of the molecule is Fc1ccc(C(Cl)c2cc(Br)c(Br)s2)cc1. The van der Waals surface area contributed by atoms with Crippen molar-refractivity contribution in [2.75, 3.05) is 0 Å². The standard InChI is InChI=1S/C11H6Br2ClFS/c12-8-5-9(16-11(8)13)10(14)6-1-3-7(15)4-2-6/h1-5,10H. The van der Waals surface area contributed by atoms with Crippen LogP contribution in [0.5, 0.6) is 0 Å². The second kappa shape index (κ2) is 5.17. The highest BCUT2D eigenvalue weighted by atomic mass is 79.9. The maximum absolute atomic E-state index is 12.8. The van der Waals surface area contributed by atoms with Gasteiger partial charge in [0.2, 0.25) is 0 Å². The fourth-order valence-electron chi connectivity index (χ4n) is 1.28. The highest BCUT2D eigenvalue weighted by Gasteiger charge is 2.15. The van der Waals surface area contributed by atoms with Crippen LogP contribution in [-0.4, -0.2) is 0 Å². The summed E-state index contributed by atoms with van der Waals surface area (Å²) >= 11 is 14.7. The van der Waals surface area contributed by atoms with Gasteiger partial charge in [0.1, 0.15) is 5.82 Å². The third kappa shape index (κ3) is 2.67. The minimum atomic E-state index is -0.249. The Labute approximate surface area is 119 Å². The molecule has 1 heterocycles. The van der Waals surface area contributed by atoms with E-state index >= 15 is 0 Å². The Bertz CT molecular complexity index is 476. The summed E-state index contributed by atoms with van der Waals surface area (Å²) in [6.07, 6.45) is 0. The molecule has 16 heavy (non-hydrogen) atoms. The molecular formula is C11H6Br2ClFS. The maximum Gasteiger partial charge on any atom is 0.123 e. The van der Waals surface area contributed by atoms with Crippen LogP contribution in [0.2, 0.25) is 0 Å². The van der Waals surface area contributed by atoms with Crippen molar-refractivity contribution in [3.05, 3.63) is 54.8 Å². The van der Waals surface area contributed by atoms with Crippen molar-refractivity contribution in [3.8, 4) is 0 Å². The Morgan fingerprint density at radius 1 is 1.19 bits per heavy atom. The Morgan fingerprint density at radius 3 is 2.31 bits per heavy atom. The first-order chi connectivity index (χ1) is 7.58. The molecule has 0 spiro atoms. The topological polar surface area (TPSA) is 0 Å². The fourth-order valence-corrected chi connectivity index (χ4v) is 3.72. The quantitative estimate of drug-likeness (QED) is 0.579. The molecule has 5 heteroatoms. The molecule has 0 saturated carbocycles. The van der Waals surface area contributed by atoms with Crippen LogP contribution in [0, 0.1) is 5.82 Å². The van der Waals surface area contributed by atoms with E-state index in [1.807, 2.05) is 6.07 Å². The van der Waals surface area contributed by atoms with E-state index in [4.69, 9.17) is 11.6 Å². The Balaban J connectivity index is 2.31. The van der Waals surface area contributed by atoms with Crippen molar-refractivity contribution in [2.24, 2.45) is 0 Å². The zero-order chi connectivity index (χ0) is 11.7. The number of halogens is 4. The molecule has 0 aliphatic carbocycles. The Hall–Kier alpha value is 0.1000. The van der Waals surface area contributed by atoms with Crippen molar-refractivity contribution in [1.29, 1.82) is 0 Å². The van der Waals surface area contributed by atoms with E-state index in [0.29, 0.717) is 0 Å². The summed E-state index contributed by atoms with van der Waals surface area (Å²) < 4.78 is 14.8. The van der Waals surface area contributed by atoms with E-state index in [2.05, 4.69) is 31.9 Å². The average Bonchev–Trinajstić information content (AvgIpc) is 2.59. The minimum absolute atomic E-state index is 0.242. The first kappa shape index (κ1) is 12.6. The summed E-state index contributed by atoms with van der Waals surface area (Å²) in [6, 6.07) is 8.21. The van der Waals surface area contributed by atoms with Crippen LogP contribution >= 0.6 is 54.8 Å². The number of rotatable bonds is 2. The number of benzene rings is 1. The molecule has 1 atom stereocenters. The predicted octanol–water partition coefficient (Wildman–Crippen LogP) is 5.74. The zero-order valence-electron chi connectivity index (χ0n) is 7.88. The van der Waals surface area contributed by atoms with E-state index in [0.717, 1.165) is 18.7 Å². The minimum Gasteiger partial charge on any atom is -0.207 e. The molecule has 0 amide bonds. The van der Waals surface area contributed by atoms with Crippen LogP contribution in [0.25, 0.3) is 0 Å². The summed E-state index contributed by atoms with van der Waals surface area (Å²) in [4.78, 5) is 1.02. The van der Waals surface area contributed by atoms with Gasteiger partial charge in [0.05, 0.1) is 9.16 Å². The third-order valence-corrected chi connectivity index (χ3v) is 6.01. The largest absolute Gasteiger partial charge is 0.207 e. The van der Waals surface area contributed by atoms with E-state index in [-0.39, 0.29) is 11.2 Å². The third-order valence-electron chi connectivity index (χ3n) is 2.08. The lowest BCUT2D eigenvalue weighted by Crippen LogP contribution is -1.89. The molecule has 0 saturated heterocycles. The van der Waals surface area contributed by atoms with Gasteiger partial charge in [0.15, 0.2) is 0 Å². The van der Waals surface area contributed by atoms with Gasteiger partial charge in [-0.3, -0.25) is 0 Å². The van der Waals surface area contributed by atoms with Gasteiger partial charge in [-0.25, -0.2) is 4.39 Å². The lowest BCUT2D eigenvalue weighted by Gasteiger charge is -2.06. The summed E-state index contributed by atoms with van der Waals surface area (Å²) in [5.74, 6) is -0.249. The number of hydrogen-bond donors (Lipinski definition) is 0. The molecule has 0 fully saturated rings. The van der Waals surface area contributed by atoms with Gasteiger partial charge in [-0.05, 0) is 55.6 Å². The average molecular weight is 384 g/mol. The number of hydrogen-bond acceptors (Lipinski definition) is 1. The van der Waals surface area contributed by atoms with Crippen LogP contribution in [0.1, 0.15) is 15.8 Å². The van der Waals surface area contributed by atoms with E-state index in [1.54, 1.807) is 23.5 Å². The molecule has 1 aromatic heterocycles. The maximum atomic E-state index is 12.8. The fraction of sp³-hybridized carbons (Fsp3) is 0.0909. The van der Waals surface area contributed by atoms with Crippen molar-refractivity contribution in [1.82, 2.24) is 0 Å². The summed E-state index contributed by atoms with van der Waals surface area (Å²) in [5, 5.41) is -0.242. The molecule has 2 aromatic rings. The summed E-state index contributed by atoms with van der Waals surface area (Å²) in [7, 11) is 0. The Kier molecular flexibility index (Phi) is 4.06. The van der Waals surface area contributed by atoms with Gasteiger partial charge in [-0.1, -0.05) is 12.1 Å².